The number of nitro benzene ring substituents is 1. The van der Waals surface area contributed by atoms with Gasteiger partial charge in [0, 0.05) is 25.3 Å². The summed E-state index contributed by atoms with van der Waals surface area (Å²) in [7, 11) is 1.80. The van der Waals surface area contributed by atoms with Crippen molar-refractivity contribution < 1.29 is 14.5 Å². The average molecular weight is 301 g/mol. The first-order valence-electron chi connectivity index (χ1n) is 6.18. The zero-order valence-corrected chi connectivity index (χ0v) is 12.4. The van der Waals surface area contributed by atoms with Gasteiger partial charge in [-0.05, 0) is 25.5 Å². The monoisotopic (exact) mass is 300 g/mol. The molecule has 0 fully saturated rings. The highest BCUT2D eigenvalue weighted by atomic mass is 35.5. The molecule has 0 N–H and O–H groups in total. The zero-order chi connectivity index (χ0) is 15.3. The minimum Gasteiger partial charge on any atom is -0.466 e. The number of nitrogens with zero attached hydrogens (tertiary/aromatic N) is 2. The van der Waals surface area contributed by atoms with Crippen LogP contribution >= 0.6 is 11.6 Å². The Kier molecular flexibility index (Phi) is 5.76. The smallest absolute Gasteiger partial charge is 0.307 e. The van der Waals surface area contributed by atoms with Gasteiger partial charge in [0.2, 0.25) is 0 Å². The van der Waals surface area contributed by atoms with E-state index in [1.54, 1.807) is 27.0 Å². The van der Waals surface area contributed by atoms with Crippen LogP contribution in [0.25, 0.3) is 0 Å². The molecule has 7 heteroatoms. The molecule has 1 aromatic carbocycles. The van der Waals surface area contributed by atoms with Gasteiger partial charge in [-0.3, -0.25) is 14.9 Å². The topological polar surface area (TPSA) is 72.7 Å². The van der Waals surface area contributed by atoms with E-state index in [-0.39, 0.29) is 23.1 Å². The molecule has 0 heterocycles. The number of hydrogen-bond acceptors (Lipinski definition) is 5. The fourth-order valence-corrected chi connectivity index (χ4v) is 2.05. The quantitative estimate of drug-likeness (QED) is 0.459. The number of halogens is 1. The van der Waals surface area contributed by atoms with Crippen LogP contribution in [0.3, 0.4) is 0 Å². The summed E-state index contributed by atoms with van der Waals surface area (Å²) in [6, 6.07) is 2.97. The number of carbonyl (C=O) groups excluding carboxylic acids is 1. The predicted molar refractivity (Wildman–Crippen MR) is 77.4 cm³/mol. The summed E-state index contributed by atoms with van der Waals surface area (Å²) in [5.41, 5.74) is 1.36. The van der Waals surface area contributed by atoms with E-state index in [2.05, 4.69) is 0 Å². The first kappa shape index (κ1) is 16.2. The van der Waals surface area contributed by atoms with Crippen molar-refractivity contribution in [3.05, 3.63) is 32.8 Å². The fraction of sp³-hybridized carbons (Fsp3) is 0.462. The van der Waals surface area contributed by atoms with Crippen LogP contribution in [0.2, 0.25) is 5.02 Å². The highest BCUT2D eigenvalue weighted by Crippen LogP contribution is 2.32. The maximum atomic E-state index is 11.3. The molecular weight excluding hydrogens is 284 g/mol. The Bertz CT molecular complexity index is 519. The van der Waals surface area contributed by atoms with Crippen LogP contribution in [0, 0.1) is 17.0 Å². The van der Waals surface area contributed by atoms with Crippen LogP contribution in [-0.4, -0.2) is 31.1 Å². The van der Waals surface area contributed by atoms with Crippen LogP contribution in [0.1, 0.15) is 18.9 Å². The van der Waals surface area contributed by atoms with Crippen molar-refractivity contribution in [2.45, 2.75) is 20.3 Å². The van der Waals surface area contributed by atoms with Crippen molar-refractivity contribution in [1.29, 1.82) is 0 Å². The van der Waals surface area contributed by atoms with Gasteiger partial charge in [-0.25, -0.2) is 0 Å². The van der Waals surface area contributed by atoms with E-state index in [1.807, 2.05) is 4.90 Å². The lowest BCUT2D eigenvalue weighted by Gasteiger charge is -2.21. The molecule has 20 heavy (non-hydrogen) atoms. The first-order valence-corrected chi connectivity index (χ1v) is 6.56. The summed E-state index contributed by atoms with van der Waals surface area (Å²) in [5.74, 6) is -0.273. The molecule has 0 aliphatic heterocycles. The average Bonchev–Trinajstić information content (AvgIpc) is 2.38. The fourth-order valence-electron chi connectivity index (χ4n) is 1.82. The Morgan fingerprint density at radius 1 is 1.50 bits per heavy atom. The molecule has 0 radical (unpaired) electrons. The number of carbonyl (C=O) groups is 1. The Labute approximate surface area is 122 Å². The lowest BCUT2D eigenvalue weighted by molar-refractivity contribution is -0.384. The molecule has 0 saturated heterocycles. The molecule has 0 atom stereocenters. The molecule has 0 amide bonds. The van der Waals surface area contributed by atoms with Crippen LogP contribution in [0.15, 0.2) is 12.1 Å². The Balaban J connectivity index is 2.83. The van der Waals surface area contributed by atoms with Gasteiger partial charge in [0.25, 0.3) is 5.69 Å². The van der Waals surface area contributed by atoms with E-state index in [9.17, 15) is 14.9 Å². The van der Waals surface area contributed by atoms with Gasteiger partial charge in [-0.15, -0.1) is 0 Å². The molecule has 0 bridgehead atoms. The number of ether oxygens (including phenoxy) is 1. The third kappa shape index (κ3) is 4.09. The highest BCUT2D eigenvalue weighted by molar-refractivity contribution is 6.33. The summed E-state index contributed by atoms with van der Waals surface area (Å²) in [5, 5.41) is 10.9. The second-order valence-electron chi connectivity index (χ2n) is 4.32. The van der Waals surface area contributed by atoms with Gasteiger partial charge in [-0.1, -0.05) is 11.6 Å². The molecule has 0 spiro atoms. The number of hydrogen-bond donors (Lipinski definition) is 0. The SMILES string of the molecule is CCOC(=O)CCN(C)c1cc(Cl)c([N+](=O)[O-])cc1C. The predicted octanol–water partition coefficient (Wildman–Crippen LogP) is 2.95. The molecule has 0 unspecified atom stereocenters. The second kappa shape index (κ2) is 7.09. The van der Waals surface area contributed by atoms with Crippen LogP contribution in [0.5, 0.6) is 0 Å². The van der Waals surface area contributed by atoms with Crippen molar-refractivity contribution in [1.82, 2.24) is 0 Å². The Hall–Kier alpha value is -1.82. The third-order valence-electron chi connectivity index (χ3n) is 2.83. The highest BCUT2D eigenvalue weighted by Gasteiger charge is 2.17. The Morgan fingerprint density at radius 2 is 2.15 bits per heavy atom. The lowest BCUT2D eigenvalue weighted by Crippen LogP contribution is -2.22. The van der Waals surface area contributed by atoms with E-state index >= 15 is 0 Å². The number of esters is 1. The van der Waals surface area contributed by atoms with E-state index < -0.39 is 4.92 Å². The van der Waals surface area contributed by atoms with E-state index in [0.717, 1.165) is 11.3 Å². The number of benzene rings is 1. The summed E-state index contributed by atoms with van der Waals surface area (Å²) >= 11 is 5.89. The molecule has 1 rings (SSSR count). The normalized spacial score (nSPS) is 10.2. The number of rotatable bonds is 6. The summed E-state index contributed by atoms with van der Waals surface area (Å²) in [4.78, 5) is 23.4. The zero-order valence-electron chi connectivity index (χ0n) is 11.7. The lowest BCUT2D eigenvalue weighted by atomic mass is 10.1. The van der Waals surface area contributed by atoms with Crippen LogP contribution in [-0.2, 0) is 9.53 Å². The third-order valence-corrected chi connectivity index (χ3v) is 3.13. The minimum absolute atomic E-state index is 0.0820. The van der Waals surface area contributed by atoms with Gasteiger partial charge in [0.15, 0.2) is 0 Å². The molecule has 0 aromatic heterocycles. The largest absolute Gasteiger partial charge is 0.466 e. The van der Waals surface area contributed by atoms with Gasteiger partial charge >= 0.3 is 5.97 Å². The van der Waals surface area contributed by atoms with E-state index in [1.165, 1.54) is 6.07 Å². The maximum Gasteiger partial charge on any atom is 0.307 e. The molecule has 0 saturated carbocycles. The molecular formula is C13H17ClN2O4. The first-order chi connectivity index (χ1) is 9.36. The summed E-state index contributed by atoms with van der Waals surface area (Å²) < 4.78 is 4.85. The molecule has 0 aliphatic rings. The number of anilines is 1. The van der Waals surface area contributed by atoms with Gasteiger partial charge < -0.3 is 9.64 Å². The van der Waals surface area contributed by atoms with E-state index in [0.29, 0.717) is 13.2 Å². The van der Waals surface area contributed by atoms with Crippen molar-refractivity contribution in [3.8, 4) is 0 Å². The molecule has 1 aromatic rings. The summed E-state index contributed by atoms with van der Waals surface area (Å²) in [6.45, 7) is 4.32. The maximum absolute atomic E-state index is 11.3. The van der Waals surface area contributed by atoms with Gasteiger partial charge in [0.05, 0.1) is 18.0 Å². The molecule has 6 nitrogen and oxygen atoms in total. The second-order valence-corrected chi connectivity index (χ2v) is 4.73. The van der Waals surface area contributed by atoms with Crippen molar-refractivity contribution in [3.63, 3.8) is 0 Å². The minimum atomic E-state index is -0.516. The Morgan fingerprint density at radius 3 is 2.70 bits per heavy atom. The number of aryl methyl sites for hydroxylation is 1. The van der Waals surface area contributed by atoms with Crippen LogP contribution < -0.4 is 4.90 Å². The number of nitro groups is 1. The standard InChI is InChI=1S/C13H17ClN2O4/c1-4-20-13(17)5-6-15(3)11-8-10(14)12(16(18)19)7-9(11)2/h7-8H,4-6H2,1-3H3. The van der Waals surface area contributed by atoms with Gasteiger partial charge in [-0.2, -0.15) is 0 Å². The summed E-state index contributed by atoms with van der Waals surface area (Å²) in [6.07, 6.45) is 0.248. The van der Waals surface area contributed by atoms with E-state index in [4.69, 9.17) is 16.3 Å². The molecule has 110 valence electrons. The van der Waals surface area contributed by atoms with Crippen molar-refractivity contribution >= 4 is 28.9 Å². The van der Waals surface area contributed by atoms with Crippen LogP contribution in [0.4, 0.5) is 11.4 Å². The van der Waals surface area contributed by atoms with Crippen molar-refractivity contribution in [2.24, 2.45) is 0 Å². The van der Waals surface area contributed by atoms with Gasteiger partial charge in [0.1, 0.15) is 5.02 Å². The van der Waals surface area contributed by atoms with Crippen molar-refractivity contribution in [2.75, 3.05) is 25.1 Å². The molecule has 0 aliphatic carbocycles.